The van der Waals surface area contributed by atoms with Gasteiger partial charge in [-0.2, -0.15) is 0 Å². The maximum Gasteiger partial charge on any atom is 0.143 e. The second-order valence-electron chi connectivity index (χ2n) is 6.63. The fraction of sp³-hybridized carbons (Fsp3) is 0.300. The Morgan fingerprint density at radius 2 is 1.11 bits per heavy atom. The number of rotatable bonds is 4. The SMILES string of the molecule is Oc1c(Cl)cc(Cl)cc1C=N[C@H]1CCCC[C@H]1N=Cc1cc(Cl)cc(Cl)c1O. The largest absolute Gasteiger partial charge is 0.506 e. The van der Waals surface area contributed by atoms with Gasteiger partial charge in [0.15, 0.2) is 0 Å². The first kappa shape index (κ1) is 21.3. The van der Waals surface area contributed by atoms with E-state index in [0.717, 1.165) is 25.7 Å². The van der Waals surface area contributed by atoms with Crippen LogP contribution in [0.25, 0.3) is 0 Å². The molecule has 8 heteroatoms. The van der Waals surface area contributed by atoms with Crippen molar-refractivity contribution in [3.05, 3.63) is 55.5 Å². The molecule has 28 heavy (non-hydrogen) atoms. The number of halogens is 4. The second kappa shape index (κ2) is 9.36. The van der Waals surface area contributed by atoms with E-state index in [-0.39, 0.29) is 33.6 Å². The quantitative estimate of drug-likeness (QED) is 0.508. The van der Waals surface area contributed by atoms with E-state index in [9.17, 15) is 10.2 Å². The van der Waals surface area contributed by atoms with E-state index in [1.807, 2.05) is 0 Å². The number of aromatic hydroxyl groups is 2. The van der Waals surface area contributed by atoms with E-state index >= 15 is 0 Å². The van der Waals surface area contributed by atoms with E-state index < -0.39 is 0 Å². The van der Waals surface area contributed by atoms with Crippen LogP contribution in [0.4, 0.5) is 0 Å². The maximum atomic E-state index is 10.1. The van der Waals surface area contributed by atoms with Crippen LogP contribution in [0.3, 0.4) is 0 Å². The van der Waals surface area contributed by atoms with E-state index in [1.54, 1.807) is 24.6 Å². The summed E-state index contributed by atoms with van der Waals surface area (Å²) < 4.78 is 0. The molecular formula is C20H18Cl4N2O2. The van der Waals surface area contributed by atoms with Gasteiger partial charge in [-0.25, -0.2) is 0 Å². The molecule has 1 fully saturated rings. The third-order valence-corrected chi connectivity index (χ3v) is 5.63. The molecule has 0 aromatic heterocycles. The van der Waals surface area contributed by atoms with Gasteiger partial charge in [0.1, 0.15) is 11.5 Å². The van der Waals surface area contributed by atoms with Crippen molar-refractivity contribution in [1.82, 2.24) is 0 Å². The Bertz CT molecular complexity index is 855. The zero-order chi connectivity index (χ0) is 20.3. The summed E-state index contributed by atoms with van der Waals surface area (Å²) in [4.78, 5) is 9.23. The van der Waals surface area contributed by atoms with Gasteiger partial charge < -0.3 is 10.2 Å². The van der Waals surface area contributed by atoms with Crippen LogP contribution in [0.1, 0.15) is 36.8 Å². The maximum absolute atomic E-state index is 10.1. The lowest BCUT2D eigenvalue weighted by Gasteiger charge is -2.25. The molecule has 4 nitrogen and oxygen atoms in total. The Kier molecular flexibility index (Phi) is 7.10. The normalized spacial score (nSPS) is 20.3. The van der Waals surface area contributed by atoms with E-state index in [2.05, 4.69) is 9.98 Å². The molecule has 2 aromatic rings. The van der Waals surface area contributed by atoms with Crippen molar-refractivity contribution in [2.24, 2.45) is 9.98 Å². The number of phenols is 2. The highest BCUT2D eigenvalue weighted by atomic mass is 35.5. The van der Waals surface area contributed by atoms with Crippen molar-refractivity contribution in [2.75, 3.05) is 0 Å². The first-order valence-electron chi connectivity index (χ1n) is 8.77. The van der Waals surface area contributed by atoms with Crippen molar-refractivity contribution >= 4 is 58.8 Å². The number of nitrogens with zero attached hydrogens (tertiary/aromatic N) is 2. The highest BCUT2D eigenvalue weighted by Gasteiger charge is 2.23. The molecule has 0 unspecified atom stereocenters. The van der Waals surface area contributed by atoms with Gasteiger partial charge in [0.2, 0.25) is 0 Å². The van der Waals surface area contributed by atoms with Crippen LogP contribution in [0.5, 0.6) is 11.5 Å². The molecule has 2 N–H and O–H groups in total. The van der Waals surface area contributed by atoms with Crippen LogP contribution in [0.15, 0.2) is 34.3 Å². The molecule has 3 rings (SSSR count). The van der Waals surface area contributed by atoms with Gasteiger partial charge in [-0.1, -0.05) is 59.2 Å². The van der Waals surface area contributed by atoms with Crippen molar-refractivity contribution in [1.29, 1.82) is 0 Å². The Labute approximate surface area is 183 Å². The molecule has 148 valence electrons. The van der Waals surface area contributed by atoms with Crippen LogP contribution in [-0.2, 0) is 0 Å². The molecule has 1 saturated carbocycles. The predicted octanol–water partition coefficient (Wildman–Crippen LogP) is 6.56. The number of hydrogen-bond donors (Lipinski definition) is 2. The summed E-state index contributed by atoms with van der Waals surface area (Å²) in [5, 5.41) is 21.4. The molecular weight excluding hydrogens is 442 g/mol. The molecule has 2 atom stereocenters. The molecule has 1 aliphatic rings. The third-order valence-electron chi connectivity index (χ3n) is 4.62. The Hall–Kier alpha value is -1.46. The minimum Gasteiger partial charge on any atom is -0.506 e. The predicted molar refractivity (Wildman–Crippen MR) is 117 cm³/mol. The van der Waals surface area contributed by atoms with Gasteiger partial charge in [0.25, 0.3) is 0 Å². The van der Waals surface area contributed by atoms with Crippen molar-refractivity contribution in [3.8, 4) is 11.5 Å². The average Bonchev–Trinajstić information content (AvgIpc) is 2.65. The smallest absolute Gasteiger partial charge is 0.143 e. The van der Waals surface area contributed by atoms with Crippen LogP contribution in [-0.4, -0.2) is 34.7 Å². The fourth-order valence-corrected chi connectivity index (χ4v) is 4.18. The Morgan fingerprint density at radius 1 is 0.714 bits per heavy atom. The molecule has 1 aliphatic carbocycles. The van der Waals surface area contributed by atoms with Crippen LogP contribution >= 0.6 is 46.4 Å². The van der Waals surface area contributed by atoms with Crippen LogP contribution in [0.2, 0.25) is 20.1 Å². The molecule has 0 aliphatic heterocycles. The van der Waals surface area contributed by atoms with Gasteiger partial charge in [-0.3, -0.25) is 9.98 Å². The number of phenolic OH excluding ortho intramolecular Hbond substituents is 2. The summed E-state index contributed by atoms with van der Waals surface area (Å²) in [5.74, 6) is -0.103. The summed E-state index contributed by atoms with van der Waals surface area (Å²) >= 11 is 23.9. The molecule has 0 saturated heterocycles. The zero-order valence-electron chi connectivity index (χ0n) is 14.7. The van der Waals surface area contributed by atoms with Gasteiger partial charge in [-0.15, -0.1) is 0 Å². The van der Waals surface area contributed by atoms with Gasteiger partial charge >= 0.3 is 0 Å². The highest BCUT2D eigenvalue weighted by Crippen LogP contribution is 2.32. The topological polar surface area (TPSA) is 65.2 Å². The van der Waals surface area contributed by atoms with Crippen molar-refractivity contribution in [2.45, 2.75) is 37.8 Å². The molecule has 2 aromatic carbocycles. The monoisotopic (exact) mass is 458 g/mol. The molecule has 0 spiro atoms. The van der Waals surface area contributed by atoms with Gasteiger partial charge in [0, 0.05) is 33.6 Å². The van der Waals surface area contributed by atoms with Crippen molar-refractivity contribution in [3.63, 3.8) is 0 Å². The summed E-state index contributed by atoms with van der Waals surface area (Å²) in [6.45, 7) is 0. The first-order valence-corrected chi connectivity index (χ1v) is 10.3. The average molecular weight is 460 g/mol. The molecule has 0 radical (unpaired) electrons. The summed E-state index contributed by atoms with van der Waals surface area (Å²) in [7, 11) is 0. The Balaban J connectivity index is 1.82. The summed E-state index contributed by atoms with van der Waals surface area (Å²) in [6.07, 6.45) is 7.00. The third kappa shape index (κ3) is 5.12. The van der Waals surface area contributed by atoms with Crippen LogP contribution in [0, 0.1) is 0 Å². The van der Waals surface area contributed by atoms with Gasteiger partial charge in [-0.05, 0) is 37.1 Å². The lowest BCUT2D eigenvalue weighted by Crippen LogP contribution is -2.27. The van der Waals surface area contributed by atoms with Gasteiger partial charge in [0.05, 0.1) is 22.1 Å². The highest BCUT2D eigenvalue weighted by molar-refractivity contribution is 6.36. The minimum atomic E-state index is -0.0565. The second-order valence-corrected chi connectivity index (χ2v) is 8.31. The molecule has 0 heterocycles. The number of aliphatic imine (C=N–C) groups is 2. The lowest BCUT2D eigenvalue weighted by atomic mass is 9.91. The Morgan fingerprint density at radius 3 is 1.50 bits per heavy atom. The van der Waals surface area contributed by atoms with E-state index in [4.69, 9.17) is 46.4 Å². The summed E-state index contributed by atoms with van der Waals surface area (Å²) in [6, 6.07) is 6.06. The molecule has 0 bridgehead atoms. The minimum absolute atomic E-state index is 0.0517. The number of benzene rings is 2. The van der Waals surface area contributed by atoms with Crippen molar-refractivity contribution < 1.29 is 10.2 Å². The summed E-state index contributed by atoms with van der Waals surface area (Å²) in [5.41, 5.74) is 0.926. The van der Waals surface area contributed by atoms with E-state index in [1.165, 1.54) is 12.1 Å². The van der Waals surface area contributed by atoms with Crippen LogP contribution < -0.4 is 0 Å². The van der Waals surface area contributed by atoms with E-state index in [0.29, 0.717) is 21.2 Å². The fourth-order valence-electron chi connectivity index (χ4n) is 3.16. The molecule has 0 amide bonds. The first-order chi connectivity index (χ1) is 13.3. The zero-order valence-corrected chi connectivity index (χ0v) is 17.8. The lowest BCUT2D eigenvalue weighted by molar-refractivity contribution is 0.390. The number of hydrogen-bond acceptors (Lipinski definition) is 4. The standard InChI is InChI=1S/C20H18Cl4N2O2/c21-13-5-11(19(27)15(23)7-13)9-25-17-3-1-2-4-18(17)26-10-12-6-14(22)8-16(24)20(12)28/h5-10,17-18,27-28H,1-4H2/t17-,18+.